The second-order valence-electron chi connectivity index (χ2n) is 6.99. The van der Waals surface area contributed by atoms with Crippen LogP contribution in [-0.4, -0.2) is 27.7 Å². The van der Waals surface area contributed by atoms with Gasteiger partial charge in [-0.1, -0.05) is 60.6 Å². The van der Waals surface area contributed by atoms with E-state index >= 15 is 0 Å². The minimum absolute atomic E-state index is 0.0222. The first-order valence-electron chi connectivity index (χ1n) is 9.01. The molecule has 0 unspecified atom stereocenters. The molecule has 0 aromatic heterocycles. The highest BCUT2D eigenvalue weighted by molar-refractivity contribution is 8.14. The van der Waals surface area contributed by atoms with E-state index in [0.29, 0.717) is 0 Å². The SMILES string of the molecule is O=C1CSC(=O)N1Cc1ccc(NC(=O)C2(c3ccccc3)CCC2)cc1. The van der Waals surface area contributed by atoms with Crippen molar-refractivity contribution in [3.05, 3.63) is 65.7 Å². The Labute approximate surface area is 162 Å². The van der Waals surface area contributed by atoms with Crippen molar-refractivity contribution < 1.29 is 14.4 Å². The zero-order chi connectivity index (χ0) is 18.9. The van der Waals surface area contributed by atoms with E-state index < -0.39 is 5.41 Å². The van der Waals surface area contributed by atoms with Crippen LogP contribution >= 0.6 is 11.8 Å². The number of rotatable bonds is 5. The monoisotopic (exact) mass is 380 g/mol. The summed E-state index contributed by atoms with van der Waals surface area (Å²) in [4.78, 5) is 37.6. The van der Waals surface area contributed by atoms with Crippen molar-refractivity contribution >= 4 is 34.5 Å². The zero-order valence-electron chi connectivity index (χ0n) is 14.8. The highest BCUT2D eigenvalue weighted by Gasteiger charge is 2.45. The number of benzene rings is 2. The molecule has 1 aliphatic carbocycles. The molecule has 2 aliphatic rings. The normalized spacial score (nSPS) is 18.3. The van der Waals surface area contributed by atoms with E-state index in [9.17, 15) is 14.4 Å². The minimum Gasteiger partial charge on any atom is -0.325 e. The number of hydrogen-bond donors (Lipinski definition) is 1. The lowest BCUT2D eigenvalue weighted by atomic mass is 9.64. The van der Waals surface area contributed by atoms with Gasteiger partial charge in [-0.15, -0.1) is 0 Å². The quantitative estimate of drug-likeness (QED) is 0.853. The van der Waals surface area contributed by atoms with Gasteiger partial charge in [-0.05, 0) is 36.1 Å². The number of anilines is 1. The predicted molar refractivity (Wildman–Crippen MR) is 105 cm³/mol. The largest absolute Gasteiger partial charge is 0.325 e. The lowest BCUT2D eigenvalue weighted by molar-refractivity contribution is -0.125. The third-order valence-electron chi connectivity index (χ3n) is 5.36. The van der Waals surface area contributed by atoms with E-state index in [1.165, 1.54) is 4.90 Å². The van der Waals surface area contributed by atoms with Crippen LogP contribution in [0.4, 0.5) is 10.5 Å². The Kier molecular flexibility index (Phi) is 4.74. The van der Waals surface area contributed by atoms with Gasteiger partial charge in [-0.3, -0.25) is 19.3 Å². The van der Waals surface area contributed by atoms with Gasteiger partial charge in [0, 0.05) is 5.69 Å². The molecule has 27 heavy (non-hydrogen) atoms. The Hall–Kier alpha value is -2.60. The van der Waals surface area contributed by atoms with Crippen LogP contribution in [0.25, 0.3) is 0 Å². The maximum atomic E-state index is 13.0. The first-order chi connectivity index (χ1) is 13.1. The minimum atomic E-state index is -0.439. The third kappa shape index (κ3) is 3.37. The summed E-state index contributed by atoms with van der Waals surface area (Å²) in [5.41, 5.74) is 2.21. The second kappa shape index (κ2) is 7.19. The van der Waals surface area contributed by atoms with Crippen LogP contribution in [0.15, 0.2) is 54.6 Å². The number of nitrogens with zero attached hydrogens (tertiary/aromatic N) is 1. The topological polar surface area (TPSA) is 66.5 Å². The van der Waals surface area contributed by atoms with E-state index in [1.807, 2.05) is 54.6 Å². The molecule has 2 aromatic carbocycles. The number of hydrogen-bond acceptors (Lipinski definition) is 4. The molecule has 5 nitrogen and oxygen atoms in total. The van der Waals surface area contributed by atoms with Crippen LogP contribution in [0.2, 0.25) is 0 Å². The first-order valence-corrected chi connectivity index (χ1v) is 10.0. The van der Waals surface area contributed by atoms with Crippen LogP contribution in [0.1, 0.15) is 30.4 Å². The third-order valence-corrected chi connectivity index (χ3v) is 6.22. The average Bonchev–Trinajstić information content (AvgIpc) is 2.95. The molecule has 1 saturated carbocycles. The van der Waals surface area contributed by atoms with Crippen molar-refractivity contribution in [2.24, 2.45) is 0 Å². The number of imide groups is 1. The van der Waals surface area contributed by atoms with Gasteiger partial charge in [0.1, 0.15) is 0 Å². The van der Waals surface area contributed by atoms with Gasteiger partial charge in [0.25, 0.3) is 5.24 Å². The zero-order valence-corrected chi connectivity index (χ0v) is 15.6. The molecular formula is C21H20N2O3S. The van der Waals surface area contributed by atoms with Crippen LogP contribution < -0.4 is 5.32 Å². The van der Waals surface area contributed by atoms with Gasteiger partial charge in [0.05, 0.1) is 17.7 Å². The molecule has 1 aliphatic heterocycles. The van der Waals surface area contributed by atoms with E-state index in [0.717, 1.165) is 47.8 Å². The maximum absolute atomic E-state index is 13.0. The summed E-state index contributed by atoms with van der Waals surface area (Å²) in [7, 11) is 0. The Morgan fingerprint density at radius 3 is 2.30 bits per heavy atom. The van der Waals surface area contributed by atoms with E-state index in [4.69, 9.17) is 0 Å². The van der Waals surface area contributed by atoms with Gasteiger partial charge in [0.2, 0.25) is 11.8 Å². The smallest absolute Gasteiger partial charge is 0.289 e. The summed E-state index contributed by atoms with van der Waals surface area (Å²) in [6, 6.07) is 17.3. The lowest BCUT2D eigenvalue weighted by Gasteiger charge is -2.40. The van der Waals surface area contributed by atoms with Gasteiger partial charge >= 0.3 is 0 Å². The maximum Gasteiger partial charge on any atom is 0.289 e. The number of carbonyl (C=O) groups excluding carboxylic acids is 3. The average molecular weight is 380 g/mol. The van der Waals surface area contributed by atoms with Crippen LogP contribution in [0, 0.1) is 0 Å². The first kappa shape index (κ1) is 17.8. The Morgan fingerprint density at radius 1 is 1.04 bits per heavy atom. The van der Waals surface area contributed by atoms with Crippen molar-refractivity contribution in [3.63, 3.8) is 0 Å². The molecule has 3 amide bonds. The molecule has 138 valence electrons. The molecule has 0 radical (unpaired) electrons. The Balaban J connectivity index is 1.44. The number of thioether (sulfide) groups is 1. The Bertz CT molecular complexity index is 860. The van der Waals surface area contributed by atoms with Gasteiger partial charge in [0.15, 0.2) is 0 Å². The fourth-order valence-electron chi connectivity index (χ4n) is 3.60. The molecule has 4 rings (SSSR count). The van der Waals surface area contributed by atoms with Gasteiger partial charge in [-0.25, -0.2) is 0 Å². The van der Waals surface area contributed by atoms with Crippen LogP contribution in [0.5, 0.6) is 0 Å². The molecule has 6 heteroatoms. The molecule has 0 spiro atoms. The standard InChI is InChI=1S/C21H20N2O3S/c24-18-14-27-20(26)23(18)13-15-7-9-17(10-8-15)22-19(25)21(11-4-12-21)16-5-2-1-3-6-16/h1-3,5-10H,4,11-14H2,(H,22,25). The highest BCUT2D eigenvalue weighted by atomic mass is 32.2. The second-order valence-corrected chi connectivity index (χ2v) is 7.91. The van der Waals surface area contributed by atoms with Crippen molar-refractivity contribution in [3.8, 4) is 0 Å². The lowest BCUT2D eigenvalue weighted by Crippen LogP contribution is -2.45. The van der Waals surface area contributed by atoms with Gasteiger partial charge in [-0.2, -0.15) is 0 Å². The van der Waals surface area contributed by atoms with E-state index in [-0.39, 0.29) is 29.4 Å². The summed E-state index contributed by atoms with van der Waals surface area (Å²) in [5.74, 6) is 0.0836. The summed E-state index contributed by atoms with van der Waals surface area (Å²) >= 11 is 1.03. The van der Waals surface area contributed by atoms with Crippen LogP contribution in [0.3, 0.4) is 0 Å². The highest BCUT2D eigenvalue weighted by Crippen LogP contribution is 2.44. The summed E-state index contributed by atoms with van der Waals surface area (Å²) in [6.07, 6.45) is 2.77. The van der Waals surface area contributed by atoms with Gasteiger partial charge < -0.3 is 5.32 Å². The molecular weight excluding hydrogens is 360 g/mol. The molecule has 2 aromatic rings. The predicted octanol–water partition coefficient (Wildman–Crippen LogP) is 3.94. The van der Waals surface area contributed by atoms with Crippen molar-refractivity contribution in [1.82, 2.24) is 4.90 Å². The summed E-state index contributed by atoms with van der Waals surface area (Å²) < 4.78 is 0. The van der Waals surface area contributed by atoms with E-state index in [2.05, 4.69) is 5.32 Å². The molecule has 0 atom stereocenters. The summed E-state index contributed by atoms with van der Waals surface area (Å²) in [5, 5.41) is 2.83. The van der Waals surface area contributed by atoms with Crippen LogP contribution in [-0.2, 0) is 21.5 Å². The molecule has 1 saturated heterocycles. The van der Waals surface area contributed by atoms with Crippen molar-refractivity contribution in [1.29, 1.82) is 0 Å². The Morgan fingerprint density at radius 2 is 1.74 bits per heavy atom. The van der Waals surface area contributed by atoms with E-state index in [1.54, 1.807) is 0 Å². The number of carbonyl (C=O) groups is 3. The fraction of sp³-hybridized carbons (Fsp3) is 0.286. The number of nitrogens with one attached hydrogen (secondary N) is 1. The van der Waals surface area contributed by atoms with Crippen molar-refractivity contribution in [2.75, 3.05) is 11.1 Å². The molecule has 1 heterocycles. The molecule has 2 fully saturated rings. The fourth-order valence-corrected chi connectivity index (χ4v) is 4.32. The summed E-state index contributed by atoms with van der Waals surface area (Å²) in [6.45, 7) is 0.271. The van der Waals surface area contributed by atoms with Crippen molar-refractivity contribution in [2.45, 2.75) is 31.2 Å². The number of amides is 3. The molecule has 1 N–H and O–H groups in total. The molecule has 0 bridgehead atoms.